The van der Waals surface area contributed by atoms with Crippen molar-refractivity contribution in [1.82, 2.24) is 10.6 Å². The van der Waals surface area contributed by atoms with Crippen molar-refractivity contribution in [1.29, 1.82) is 0 Å². The fourth-order valence-electron chi connectivity index (χ4n) is 0.982. The van der Waals surface area contributed by atoms with Gasteiger partial charge in [-0.3, -0.25) is 10.1 Å². The summed E-state index contributed by atoms with van der Waals surface area (Å²) in [4.78, 5) is 10.9. The molecule has 0 saturated carbocycles. The molecule has 3 N–H and O–H groups in total. The van der Waals surface area contributed by atoms with Gasteiger partial charge in [-0.25, -0.2) is 0 Å². The highest BCUT2D eigenvalue weighted by Gasteiger charge is 2.23. The predicted octanol–water partition coefficient (Wildman–Crippen LogP) is -0.159. The number of aliphatic hydroxyl groups is 1. The van der Waals surface area contributed by atoms with Gasteiger partial charge in [0.05, 0.1) is 6.42 Å². The lowest BCUT2D eigenvalue weighted by Gasteiger charge is -2.27. The maximum absolute atomic E-state index is 10.9. The van der Waals surface area contributed by atoms with E-state index in [0.717, 1.165) is 12.2 Å². The number of hydrogen-bond donors (Lipinski definition) is 3. The molecule has 4 nitrogen and oxygen atoms in total. The van der Waals surface area contributed by atoms with E-state index in [9.17, 15) is 4.79 Å². The SMILES string of the molecule is CCCSC1NC(=O)CC(O)N1. The van der Waals surface area contributed by atoms with Crippen LogP contribution in [0.2, 0.25) is 0 Å². The molecule has 0 aromatic heterocycles. The Morgan fingerprint density at radius 3 is 3.08 bits per heavy atom. The summed E-state index contributed by atoms with van der Waals surface area (Å²) >= 11 is 1.60. The average Bonchev–Trinajstić information content (AvgIpc) is 1.99. The molecule has 1 saturated heterocycles. The average molecular weight is 190 g/mol. The third-order valence-corrected chi connectivity index (χ3v) is 2.73. The fraction of sp³-hybridized carbons (Fsp3) is 0.857. The monoisotopic (exact) mass is 190 g/mol. The van der Waals surface area contributed by atoms with Gasteiger partial charge in [-0.1, -0.05) is 6.92 Å². The molecule has 0 bridgehead atoms. The summed E-state index contributed by atoms with van der Waals surface area (Å²) in [6, 6.07) is 0. The highest BCUT2D eigenvalue weighted by Crippen LogP contribution is 2.11. The normalized spacial score (nSPS) is 30.0. The van der Waals surface area contributed by atoms with Gasteiger partial charge in [-0.05, 0) is 12.2 Å². The summed E-state index contributed by atoms with van der Waals surface area (Å²) in [6.07, 6.45) is 0.533. The molecule has 1 aliphatic heterocycles. The number of carbonyl (C=O) groups excluding carboxylic acids is 1. The molecule has 12 heavy (non-hydrogen) atoms. The highest BCUT2D eigenvalue weighted by atomic mass is 32.2. The number of rotatable bonds is 3. The molecule has 1 amide bonds. The summed E-state index contributed by atoms with van der Waals surface area (Å²) < 4.78 is 0. The van der Waals surface area contributed by atoms with Crippen molar-refractivity contribution >= 4 is 17.7 Å². The zero-order valence-electron chi connectivity index (χ0n) is 7.04. The fourth-order valence-corrected chi connectivity index (χ4v) is 1.92. The zero-order chi connectivity index (χ0) is 8.97. The topological polar surface area (TPSA) is 61.4 Å². The van der Waals surface area contributed by atoms with Crippen LogP contribution in [0.15, 0.2) is 0 Å². The molecule has 2 atom stereocenters. The first kappa shape index (κ1) is 9.83. The van der Waals surface area contributed by atoms with E-state index in [1.54, 1.807) is 11.8 Å². The Morgan fingerprint density at radius 1 is 1.75 bits per heavy atom. The van der Waals surface area contributed by atoms with E-state index in [1.165, 1.54) is 0 Å². The quantitative estimate of drug-likeness (QED) is 0.579. The summed E-state index contributed by atoms with van der Waals surface area (Å²) in [5.74, 6) is 0.889. The smallest absolute Gasteiger partial charge is 0.225 e. The number of aliphatic hydroxyl groups excluding tert-OH is 1. The van der Waals surface area contributed by atoms with Gasteiger partial charge < -0.3 is 10.4 Å². The molecule has 5 heteroatoms. The molecule has 70 valence electrons. The Balaban J connectivity index is 2.29. The second-order valence-corrected chi connectivity index (χ2v) is 3.92. The van der Waals surface area contributed by atoms with Crippen LogP contribution in [0.1, 0.15) is 19.8 Å². The molecule has 0 spiro atoms. The summed E-state index contributed by atoms with van der Waals surface area (Å²) in [5, 5.41) is 14.8. The summed E-state index contributed by atoms with van der Waals surface area (Å²) in [6.45, 7) is 2.08. The van der Waals surface area contributed by atoms with Gasteiger partial charge in [0.2, 0.25) is 5.91 Å². The lowest BCUT2D eigenvalue weighted by atomic mass is 10.3. The Morgan fingerprint density at radius 2 is 2.50 bits per heavy atom. The molecule has 1 fully saturated rings. The van der Waals surface area contributed by atoms with Crippen LogP contribution >= 0.6 is 11.8 Å². The lowest BCUT2D eigenvalue weighted by molar-refractivity contribution is -0.126. The van der Waals surface area contributed by atoms with Crippen molar-refractivity contribution in [3.8, 4) is 0 Å². The van der Waals surface area contributed by atoms with Crippen LogP contribution in [0.4, 0.5) is 0 Å². The minimum Gasteiger partial charge on any atom is -0.378 e. The van der Waals surface area contributed by atoms with Crippen LogP contribution in [0.25, 0.3) is 0 Å². The van der Waals surface area contributed by atoms with E-state index >= 15 is 0 Å². The summed E-state index contributed by atoms with van der Waals surface area (Å²) in [5.41, 5.74) is -0.124. The number of amides is 1. The number of nitrogens with one attached hydrogen (secondary N) is 2. The molecule has 0 radical (unpaired) electrons. The van der Waals surface area contributed by atoms with Crippen molar-refractivity contribution < 1.29 is 9.90 Å². The van der Waals surface area contributed by atoms with Crippen LogP contribution in [-0.2, 0) is 4.79 Å². The second kappa shape index (κ2) is 4.69. The molecule has 0 aromatic rings. The van der Waals surface area contributed by atoms with E-state index in [2.05, 4.69) is 17.6 Å². The molecule has 1 heterocycles. The van der Waals surface area contributed by atoms with Crippen LogP contribution in [0.5, 0.6) is 0 Å². The maximum Gasteiger partial charge on any atom is 0.225 e. The van der Waals surface area contributed by atoms with Crippen LogP contribution in [0, 0.1) is 0 Å². The van der Waals surface area contributed by atoms with Crippen molar-refractivity contribution in [3.05, 3.63) is 0 Å². The zero-order valence-corrected chi connectivity index (χ0v) is 7.86. The Hall–Kier alpha value is -0.260. The first-order chi connectivity index (χ1) is 5.72. The Bertz CT molecular complexity index is 165. The van der Waals surface area contributed by atoms with E-state index in [4.69, 9.17) is 5.11 Å². The minimum absolute atomic E-state index is 0.0881. The largest absolute Gasteiger partial charge is 0.378 e. The summed E-state index contributed by atoms with van der Waals surface area (Å²) in [7, 11) is 0. The van der Waals surface area contributed by atoms with Gasteiger partial charge in [0.15, 0.2) is 0 Å². The van der Waals surface area contributed by atoms with Gasteiger partial charge in [0.1, 0.15) is 11.7 Å². The standard InChI is InChI=1S/C7H14N2O2S/c1-2-3-12-7-8-5(10)4-6(11)9-7/h5,7-8,10H,2-4H2,1H3,(H,9,11). The van der Waals surface area contributed by atoms with Gasteiger partial charge in [0, 0.05) is 0 Å². The van der Waals surface area contributed by atoms with Crippen molar-refractivity contribution in [3.63, 3.8) is 0 Å². The first-order valence-electron chi connectivity index (χ1n) is 4.07. The molecule has 0 aliphatic carbocycles. The number of thioether (sulfide) groups is 1. The van der Waals surface area contributed by atoms with E-state index in [-0.39, 0.29) is 17.8 Å². The minimum atomic E-state index is -0.687. The van der Waals surface area contributed by atoms with Crippen LogP contribution < -0.4 is 10.6 Å². The lowest BCUT2D eigenvalue weighted by Crippen LogP contribution is -2.54. The number of hydrogen-bond acceptors (Lipinski definition) is 4. The Labute approximate surface area is 76.1 Å². The predicted molar refractivity (Wildman–Crippen MR) is 48.4 cm³/mol. The molecule has 2 unspecified atom stereocenters. The molecule has 1 rings (SSSR count). The van der Waals surface area contributed by atoms with E-state index in [0.29, 0.717) is 0 Å². The van der Waals surface area contributed by atoms with Crippen LogP contribution in [0.3, 0.4) is 0 Å². The first-order valence-corrected chi connectivity index (χ1v) is 5.12. The van der Waals surface area contributed by atoms with Gasteiger partial charge in [0.25, 0.3) is 0 Å². The number of carbonyl (C=O) groups is 1. The van der Waals surface area contributed by atoms with E-state index in [1.807, 2.05) is 0 Å². The van der Waals surface area contributed by atoms with Gasteiger partial charge in [-0.15, -0.1) is 11.8 Å². The third kappa shape index (κ3) is 3.00. The van der Waals surface area contributed by atoms with Crippen molar-refractivity contribution in [2.45, 2.75) is 31.5 Å². The maximum atomic E-state index is 10.9. The Kier molecular flexibility index (Phi) is 3.84. The third-order valence-electron chi connectivity index (χ3n) is 1.50. The highest BCUT2D eigenvalue weighted by molar-refractivity contribution is 7.99. The molecular weight excluding hydrogens is 176 g/mol. The van der Waals surface area contributed by atoms with Crippen molar-refractivity contribution in [2.75, 3.05) is 5.75 Å². The molecule has 0 aromatic carbocycles. The van der Waals surface area contributed by atoms with Crippen LogP contribution in [-0.4, -0.2) is 28.5 Å². The van der Waals surface area contributed by atoms with Crippen molar-refractivity contribution in [2.24, 2.45) is 0 Å². The van der Waals surface area contributed by atoms with Gasteiger partial charge >= 0.3 is 0 Å². The molecule has 1 aliphatic rings. The van der Waals surface area contributed by atoms with Gasteiger partial charge in [-0.2, -0.15) is 0 Å². The van der Waals surface area contributed by atoms with E-state index < -0.39 is 6.23 Å². The molecular formula is C7H14N2O2S. The second-order valence-electron chi connectivity index (χ2n) is 2.70.